The molecule has 1 heterocycles. The Kier molecular flexibility index (Phi) is 5.55. The number of phenolic OH excluding ortho intramolecular Hbond substituents is 4. The van der Waals surface area contributed by atoms with Crippen molar-refractivity contribution in [2.45, 2.75) is 40.0 Å². The molecule has 0 bridgehead atoms. The van der Waals surface area contributed by atoms with Crippen LogP contribution in [0, 0.1) is 0 Å². The predicted octanol–water partition coefficient (Wildman–Crippen LogP) is 5.00. The lowest BCUT2D eigenvalue weighted by molar-refractivity contribution is 0.398. The number of rotatable bonds is 5. The Balaban J connectivity index is 2.07. The summed E-state index contributed by atoms with van der Waals surface area (Å²) in [6.45, 7) is 6.08. The number of benzene rings is 2. The molecule has 0 aliphatic rings. The minimum Gasteiger partial charge on any atom is -0.508 e. The van der Waals surface area contributed by atoms with Crippen molar-refractivity contribution in [1.29, 1.82) is 0 Å². The van der Waals surface area contributed by atoms with E-state index in [9.17, 15) is 25.2 Å². The molecule has 6 heteroatoms. The molecule has 2 aromatic carbocycles. The molecule has 0 amide bonds. The number of hydrogen-bond donors (Lipinski definition) is 4. The molecule has 6 nitrogen and oxygen atoms in total. The number of allylic oxidation sites excluding steroid dienone is 4. The normalized spacial score (nSPS) is 11.9. The molecule has 0 fully saturated rings. The van der Waals surface area contributed by atoms with Crippen LogP contribution in [0.3, 0.4) is 0 Å². The highest BCUT2D eigenvalue weighted by Crippen LogP contribution is 2.39. The van der Waals surface area contributed by atoms with E-state index in [0.29, 0.717) is 12.0 Å². The van der Waals surface area contributed by atoms with Crippen LogP contribution in [-0.4, -0.2) is 20.4 Å². The molecule has 3 rings (SSSR count). The van der Waals surface area contributed by atoms with Gasteiger partial charge in [-0.3, -0.25) is 4.79 Å². The zero-order chi connectivity index (χ0) is 21.3. The van der Waals surface area contributed by atoms with E-state index < -0.39 is 16.9 Å². The van der Waals surface area contributed by atoms with Gasteiger partial charge in [0, 0.05) is 17.7 Å². The van der Waals surface area contributed by atoms with Crippen LogP contribution in [0.4, 0.5) is 0 Å². The Hall–Kier alpha value is -3.41. The van der Waals surface area contributed by atoms with Gasteiger partial charge in [0.2, 0.25) is 11.2 Å². The highest BCUT2D eigenvalue weighted by molar-refractivity contribution is 5.97. The van der Waals surface area contributed by atoms with Gasteiger partial charge in [0.15, 0.2) is 11.3 Å². The molecule has 0 atom stereocenters. The fourth-order valence-corrected chi connectivity index (χ4v) is 3.24. The van der Waals surface area contributed by atoms with E-state index >= 15 is 0 Å². The van der Waals surface area contributed by atoms with Crippen molar-refractivity contribution in [3.8, 4) is 23.0 Å². The van der Waals surface area contributed by atoms with E-state index in [-0.39, 0.29) is 33.4 Å². The molecule has 0 aliphatic carbocycles. The Bertz CT molecular complexity index is 1210. The van der Waals surface area contributed by atoms with Crippen molar-refractivity contribution in [2.75, 3.05) is 0 Å². The maximum absolute atomic E-state index is 12.9. The van der Waals surface area contributed by atoms with Crippen LogP contribution < -0.4 is 5.43 Å². The van der Waals surface area contributed by atoms with Crippen molar-refractivity contribution >= 4 is 21.9 Å². The third kappa shape index (κ3) is 4.06. The molecule has 0 unspecified atom stereocenters. The lowest BCUT2D eigenvalue weighted by atomic mass is 10.0. The average Bonchev–Trinajstić information content (AvgIpc) is 2.63. The summed E-state index contributed by atoms with van der Waals surface area (Å²) in [5.74, 6) is -1.61. The molecule has 152 valence electrons. The molecule has 0 saturated carbocycles. The molecule has 29 heavy (non-hydrogen) atoms. The first-order chi connectivity index (χ1) is 13.7. The Labute approximate surface area is 167 Å². The van der Waals surface area contributed by atoms with Crippen LogP contribution in [0.5, 0.6) is 23.0 Å². The Morgan fingerprint density at radius 3 is 2.41 bits per heavy atom. The van der Waals surface area contributed by atoms with E-state index in [1.807, 2.05) is 26.8 Å². The topological polar surface area (TPSA) is 111 Å². The molecule has 4 N–H and O–H groups in total. The molecule has 0 saturated heterocycles. The third-order valence-corrected chi connectivity index (χ3v) is 4.82. The van der Waals surface area contributed by atoms with Gasteiger partial charge in [0.1, 0.15) is 22.5 Å². The van der Waals surface area contributed by atoms with Crippen molar-refractivity contribution in [3.05, 3.63) is 57.3 Å². The molecule has 0 radical (unpaired) electrons. The van der Waals surface area contributed by atoms with Crippen LogP contribution in [0.2, 0.25) is 0 Å². The molecule has 0 aliphatic heterocycles. The maximum Gasteiger partial charge on any atom is 0.204 e. The van der Waals surface area contributed by atoms with Gasteiger partial charge in [0.05, 0.1) is 5.39 Å². The van der Waals surface area contributed by atoms with E-state index in [0.717, 1.165) is 24.5 Å². The van der Waals surface area contributed by atoms with Crippen molar-refractivity contribution in [1.82, 2.24) is 0 Å². The summed E-state index contributed by atoms with van der Waals surface area (Å²) >= 11 is 0. The van der Waals surface area contributed by atoms with E-state index in [1.165, 1.54) is 17.7 Å². The van der Waals surface area contributed by atoms with Crippen LogP contribution in [0.15, 0.2) is 50.7 Å². The molecule has 3 aromatic rings. The summed E-state index contributed by atoms with van der Waals surface area (Å²) in [6.07, 6.45) is 6.21. The van der Waals surface area contributed by atoms with Gasteiger partial charge in [-0.15, -0.1) is 0 Å². The van der Waals surface area contributed by atoms with Gasteiger partial charge in [0.25, 0.3) is 0 Å². The van der Waals surface area contributed by atoms with Gasteiger partial charge in [-0.2, -0.15) is 0 Å². The SMILES string of the molecule is CC(C)=CCC/C(C)=C/Cc1cc2c(=O)c3c(O)cc(O)cc3oc2c(O)c1O. The number of hydrogen-bond acceptors (Lipinski definition) is 6. The van der Waals surface area contributed by atoms with Gasteiger partial charge in [-0.05, 0) is 46.1 Å². The second-order valence-corrected chi connectivity index (χ2v) is 7.45. The van der Waals surface area contributed by atoms with Crippen LogP contribution in [0.1, 0.15) is 39.2 Å². The summed E-state index contributed by atoms with van der Waals surface area (Å²) in [5.41, 5.74) is 1.92. The summed E-state index contributed by atoms with van der Waals surface area (Å²) < 4.78 is 5.50. The average molecular weight is 396 g/mol. The van der Waals surface area contributed by atoms with Crippen LogP contribution >= 0.6 is 0 Å². The molecule has 1 aromatic heterocycles. The molecular weight excluding hydrogens is 372 g/mol. The predicted molar refractivity (Wildman–Crippen MR) is 113 cm³/mol. The molecule has 0 spiro atoms. The largest absolute Gasteiger partial charge is 0.508 e. The quantitative estimate of drug-likeness (QED) is 0.274. The van der Waals surface area contributed by atoms with E-state index in [4.69, 9.17) is 4.42 Å². The van der Waals surface area contributed by atoms with Crippen molar-refractivity contribution in [2.24, 2.45) is 0 Å². The van der Waals surface area contributed by atoms with Gasteiger partial charge in [-0.25, -0.2) is 0 Å². The van der Waals surface area contributed by atoms with Crippen LogP contribution in [-0.2, 0) is 6.42 Å². The first-order valence-corrected chi connectivity index (χ1v) is 9.34. The lowest BCUT2D eigenvalue weighted by Crippen LogP contribution is -2.03. The second kappa shape index (κ2) is 7.91. The highest BCUT2D eigenvalue weighted by atomic mass is 16.4. The van der Waals surface area contributed by atoms with E-state index in [2.05, 4.69) is 6.08 Å². The first-order valence-electron chi connectivity index (χ1n) is 9.34. The number of aromatic hydroxyl groups is 4. The minimum absolute atomic E-state index is 0.0411. The van der Waals surface area contributed by atoms with Crippen molar-refractivity contribution in [3.63, 3.8) is 0 Å². The molecular formula is C23H24O6. The summed E-state index contributed by atoms with van der Waals surface area (Å²) in [4.78, 5) is 12.9. The highest BCUT2D eigenvalue weighted by Gasteiger charge is 2.19. The zero-order valence-corrected chi connectivity index (χ0v) is 16.6. The number of phenols is 4. The standard InChI is InChI=1S/C23H24O6/c1-12(2)5-4-6-13(3)7-8-14-9-16-21(27)19-17(25)10-15(24)11-18(19)29-23(16)22(28)20(14)26/h5,7,9-11,24-26,28H,4,6,8H2,1-3H3/b13-7+. The van der Waals surface area contributed by atoms with Gasteiger partial charge < -0.3 is 24.8 Å². The Morgan fingerprint density at radius 2 is 1.72 bits per heavy atom. The number of fused-ring (bicyclic) bond motifs is 2. The second-order valence-electron chi connectivity index (χ2n) is 7.45. The Morgan fingerprint density at radius 1 is 1.00 bits per heavy atom. The first kappa shape index (κ1) is 20.3. The van der Waals surface area contributed by atoms with Crippen molar-refractivity contribution < 1.29 is 24.8 Å². The minimum atomic E-state index is -0.556. The zero-order valence-electron chi connectivity index (χ0n) is 16.6. The van der Waals surface area contributed by atoms with Crippen LogP contribution in [0.25, 0.3) is 21.9 Å². The monoisotopic (exact) mass is 396 g/mol. The fraction of sp³-hybridized carbons (Fsp3) is 0.261. The summed E-state index contributed by atoms with van der Waals surface area (Å²) in [6, 6.07) is 3.67. The maximum atomic E-state index is 12.9. The van der Waals surface area contributed by atoms with E-state index in [1.54, 1.807) is 0 Å². The summed E-state index contributed by atoms with van der Waals surface area (Å²) in [5, 5.41) is 40.4. The smallest absolute Gasteiger partial charge is 0.204 e. The van der Waals surface area contributed by atoms with Gasteiger partial charge >= 0.3 is 0 Å². The third-order valence-electron chi connectivity index (χ3n) is 4.82. The van der Waals surface area contributed by atoms with Gasteiger partial charge in [-0.1, -0.05) is 23.3 Å². The fourth-order valence-electron chi connectivity index (χ4n) is 3.24. The lowest BCUT2D eigenvalue weighted by Gasteiger charge is -2.10. The summed E-state index contributed by atoms with van der Waals surface area (Å²) in [7, 11) is 0.